The number of amides is 2. The highest BCUT2D eigenvalue weighted by molar-refractivity contribution is 5.96. The Balaban J connectivity index is 1.56. The molecule has 124 valence electrons. The summed E-state index contributed by atoms with van der Waals surface area (Å²) in [5.41, 5.74) is 0.623. The van der Waals surface area contributed by atoms with Gasteiger partial charge < -0.3 is 9.80 Å². The summed E-state index contributed by atoms with van der Waals surface area (Å²) in [5, 5.41) is 4.04. The lowest BCUT2D eigenvalue weighted by molar-refractivity contribution is -0.137. The van der Waals surface area contributed by atoms with Gasteiger partial charge in [-0.05, 0) is 18.9 Å². The Hall–Kier alpha value is -2.18. The normalized spacial score (nSPS) is 22.7. The fourth-order valence-electron chi connectivity index (χ4n) is 3.47. The van der Waals surface area contributed by atoms with E-state index in [1.165, 1.54) is 0 Å². The van der Waals surface area contributed by atoms with Crippen LogP contribution in [-0.2, 0) is 16.6 Å². The fourth-order valence-corrected chi connectivity index (χ4v) is 3.47. The van der Waals surface area contributed by atoms with E-state index in [-0.39, 0.29) is 29.4 Å². The highest BCUT2D eigenvalue weighted by Gasteiger charge is 2.37. The Labute approximate surface area is 135 Å². The minimum Gasteiger partial charge on any atom is -0.345 e. The van der Waals surface area contributed by atoms with Gasteiger partial charge in [-0.3, -0.25) is 19.1 Å². The smallest absolute Gasteiger partial charge is 0.227 e. The third kappa shape index (κ3) is 3.00. The fraction of sp³-hybridized carbons (Fsp3) is 0.625. The maximum Gasteiger partial charge on any atom is 0.227 e. The number of Topliss-reactive ketones (excluding diaryl/α,β-unsaturated/α-hetero) is 1. The summed E-state index contributed by atoms with van der Waals surface area (Å²) in [7, 11) is 3.49. The lowest BCUT2D eigenvalue weighted by Crippen LogP contribution is -2.43. The molecule has 0 unspecified atom stereocenters. The number of piperidine rings is 1. The maximum absolute atomic E-state index is 12.5. The van der Waals surface area contributed by atoms with Crippen molar-refractivity contribution in [1.82, 2.24) is 19.6 Å². The van der Waals surface area contributed by atoms with Gasteiger partial charge >= 0.3 is 0 Å². The van der Waals surface area contributed by atoms with Crippen molar-refractivity contribution in [1.29, 1.82) is 0 Å². The van der Waals surface area contributed by atoms with E-state index in [2.05, 4.69) is 5.10 Å². The van der Waals surface area contributed by atoms with Crippen molar-refractivity contribution in [2.75, 3.05) is 26.7 Å². The largest absolute Gasteiger partial charge is 0.345 e. The number of likely N-dealkylation sites (tertiary alicyclic amines) is 2. The maximum atomic E-state index is 12.5. The minimum absolute atomic E-state index is 0.0321. The number of aryl methyl sites for hydroxylation is 1. The van der Waals surface area contributed by atoms with Gasteiger partial charge in [-0.15, -0.1) is 0 Å². The highest BCUT2D eigenvalue weighted by Crippen LogP contribution is 2.25. The molecule has 7 heteroatoms. The molecule has 2 aliphatic heterocycles. The van der Waals surface area contributed by atoms with Crippen LogP contribution in [0.4, 0.5) is 0 Å². The van der Waals surface area contributed by atoms with Crippen LogP contribution < -0.4 is 0 Å². The summed E-state index contributed by atoms with van der Waals surface area (Å²) in [6.45, 7) is 1.68. The second-order valence-electron chi connectivity index (χ2n) is 6.48. The first-order valence-corrected chi connectivity index (χ1v) is 8.02. The molecule has 1 atom stereocenters. The van der Waals surface area contributed by atoms with Crippen LogP contribution in [0.3, 0.4) is 0 Å². The third-order valence-corrected chi connectivity index (χ3v) is 4.94. The molecule has 2 aliphatic rings. The lowest BCUT2D eigenvalue weighted by Gasteiger charge is -2.32. The molecule has 0 aliphatic carbocycles. The molecule has 0 aromatic carbocycles. The molecule has 23 heavy (non-hydrogen) atoms. The van der Waals surface area contributed by atoms with Crippen LogP contribution >= 0.6 is 0 Å². The van der Waals surface area contributed by atoms with Crippen LogP contribution in [-0.4, -0.2) is 63.9 Å². The quantitative estimate of drug-likeness (QED) is 0.752. The van der Waals surface area contributed by atoms with Gasteiger partial charge in [0.05, 0.1) is 5.92 Å². The number of ketones is 1. The van der Waals surface area contributed by atoms with E-state index in [1.54, 1.807) is 35.9 Å². The topological polar surface area (TPSA) is 75.5 Å². The molecule has 0 bridgehead atoms. The average Bonchev–Trinajstić information content (AvgIpc) is 3.12. The number of nitrogens with zero attached hydrogens (tertiary/aromatic N) is 4. The monoisotopic (exact) mass is 318 g/mol. The van der Waals surface area contributed by atoms with E-state index in [4.69, 9.17) is 0 Å². The standard InChI is InChI=1S/C16H22N4O3/c1-18-10-12(9-14(18)21)16(23)20-7-4-11(5-8-20)15(22)13-3-6-17-19(13)2/h3,6,11-12H,4-5,7-10H2,1-2H3/t12-/m0/s1. The van der Waals surface area contributed by atoms with E-state index in [9.17, 15) is 14.4 Å². The van der Waals surface area contributed by atoms with E-state index in [0.717, 1.165) is 0 Å². The van der Waals surface area contributed by atoms with Crippen molar-refractivity contribution < 1.29 is 14.4 Å². The van der Waals surface area contributed by atoms with Crippen molar-refractivity contribution in [2.24, 2.45) is 18.9 Å². The molecule has 2 amide bonds. The van der Waals surface area contributed by atoms with Crippen LogP contribution in [0.2, 0.25) is 0 Å². The van der Waals surface area contributed by atoms with Gasteiger partial charge in [-0.1, -0.05) is 0 Å². The second kappa shape index (κ2) is 6.14. The van der Waals surface area contributed by atoms with Gasteiger partial charge in [-0.25, -0.2) is 0 Å². The van der Waals surface area contributed by atoms with Crippen LogP contribution in [0.25, 0.3) is 0 Å². The van der Waals surface area contributed by atoms with E-state index in [0.29, 0.717) is 44.6 Å². The lowest BCUT2D eigenvalue weighted by atomic mass is 9.90. The average molecular weight is 318 g/mol. The second-order valence-corrected chi connectivity index (χ2v) is 6.48. The van der Waals surface area contributed by atoms with Crippen LogP contribution in [0, 0.1) is 11.8 Å². The number of carbonyl (C=O) groups is 3. The molecule has 0 N–H and O–H groups in total. The van der Waals surface area contributed by atoms with Crippen LogP contribution in [0.5, 0.6) is 0 Å². The summed E-state index contributed by atoms with van der Waals surface area (Å²) in [6, 6.07) is 1.74. The van der Waals surface area contributed by atoms with Gasteiger partial charge in [-0.2, -0.15) is 5.10 Å². The molecule has 3 heterocycles. The van der Waals surface area contributed by atoms with E-state index < -0.39 is 0 Å². The zero-order chi connectivity index (χ0) is 16.6. The highest BCUT2D eigenvalue weighted by atomic mass is 16.2. The number of hydrogen-bond acceptors (Lipinski definition) is 4. The molecule has 3 rings (SSSR count). The molecular formula is C16H22N4O3. The first-order chi connectivity index (χ1) is 11.0. The van der Waals surface area contributed by atoms with Crippen molar-refractivity contribution in [3.63, 3.8) is 0 Å². The molecular weight excluding hydrogens is 296 g/mol. The van der Waals surface area contributed by atoms with Crippen molar-refractivity contribution in [2.45, 2.75) is 19.3 Å². The Kier molecular flexibility index (Phi) is 4.19. The van der Waals surface area contributed by atoms with Gasteiger partial charge in [0.15, 0.2) is 5.78 Å². The summed E-state index contributed by atoms with van der Waals surface area (Å²) in [6.07, 6.45) is 3.28. The Morgan fingerprint density at radius 2 is 1.87 bits per heavy atom. The predicted octanol–water partition coefficient (Wildman–Crippen LogP) is 0.320. The summed E-state index contributed by atoms with van der Waals surface area (Å²) in [4.78, 5) is 40.0. The summed E-state index contributed by atoms with van der Waals surface area (Å²) >= 11 is 0. The van der Waals surface area contributed by atoms with Crippen molar-refractivity contribution in [3.8, 4) is 0 Å². The summed E-state index contributed by atoms with van der Waals surface area (Å²) in [5.74, 6) is -0.0919. The molecule has 0 radical (unpaired) electrons. The Morgan fingerprint density at radius 3 is 2.39 bits per heavy atom. The Bertz CT molecular complexity index is 631. The number of aromatic nitrogens is 2. The predicted molar refractivity (Wildman–Crippen MR) is 82.6 cm³/mol. The number of carbonyl (C=O) groups excluding carboxylic acids is 3. The third-order valence-electron chi connectivity index (χ3n) is 4.94. The molecule has 2 saturated heterocycles. The molecule has 1 aromatic heterocycles. The van der Waals surface area contributed by atoms with Gasteiger partial charge in [0, 0.05) is 52.3 Å². The minimum atomic E-state index is -0.225. The van der Waals surface area contributed by atoms with Crippen molar-refractivity contribution >= 4 is 17.6 Å². The van der Waals surface area contributed by atoms with Crippen LogP contribution in [0.1, 0.15) is 29.8 Å². The van der Waals surface area contributed by atoms with Gasteiger partial charge in [0.25, 0.3) is 0 Å². The number of hydrogen-bond donors (Lipinski definition) is 0. The summed E-state index contributed by atoms with van der Waals surface area (Å²) < 4.78 is 1.60. The zero-order valence-corrected chi connectivity index (χ0v) is 13.6. The first-order valence-electron chi connectivity index (χ1n) is 8.02. The van der Waals surface area contributed by atoms with E-state index >= 15 is 0 Å². The zero-order valence-electron chi connectivity index (χ0n) is 13.6. The first kappa shape index (κ1) is 15.7. The van der Waals surface area contributed by atoms with E-state index in [1.807, 2.05) is 4.90 Å². The van der Waals surface area contributed by atoms with Gasteiger partial charge in [0.1, 0.15) is 5.69 Å². The van der Waals surface area contributed by atoms with Gasteiger partial charge in [0.2, 0.25) is 11.8 Å². The number of rotatable bonds is 3. The molecule has 2 fully saturated rings. The Morgan fingerprint density at radius 1 is 1.17 bits per heavy atom. The van der Waals surface area contributed by atoms with Crippen LogP contribution in [0.15, 0.2) is 12.3 Å². The molecule has 0 spiro atoms. The molecule has 1 aromatic rings. The SMILES string of the molecule is CN1C[C@@H](C(=O)N2CCC(C(=O)c3ccnn3C)CC2)CC1=O. The molecule has 0 saturated carbocycles. The molecule has 7 nitrogen and oxygen atoms in total. The van der Waals surface area contributed by atoms with Crippen molar-refractivity contribution in [3.05, 3.63) is 18.0 Å².